The summed E-state index contributed by atoms with van der Waals surface area (Å²) in [6.45, 7) is 0. The van der Waals surface area contributed by atoms with Gasteiger partial charge >= 0.3 is 12.1 Å². The average molecular weight is 469 g/mol. The van der Waals surface area contributed by atoms with Gasteiger partial charge < -0.3 is 9.84 Å². The molecule has 0 bridgehead atoms. The van der Waals surface area contributed by atoms with Gasteiger partial charge in [0.2, 0.25) is 0 Å². The molecule has 3 nitrogen and oxygen atoms in total. The third-order valence-electron chi connectivity index (χ3n) is 4.64. The van der Waals surface area contributed by atoms with Gasteiger partial charge in [0.25, 0.3) is 0 Å². The molecule has 0 radical (unpaired) electrons. The molecule has 0 saturated carbocycles. The van der Waals surface area contributed by atoms with Crippen LogP contribution in [0, 0.1) is 0 Å². The van der Waals surface area contributed by atoms with Crippen LogP contribution in [-0.2, 0) is 17.4 Å². The van der Waals surface area contributed by atoms with Gasteiger partial charge in [0.05, 0.1) is 10.6 Å². The van der Waals surface area contributed by atoms with Crippen LogP contribution in [0.1, 0.15) is 17.5 Å². The van der Waals surface area contributed by atoms with Crippen molar-refractivity contribution in [1.29, 1.82) is 0 Å². The van der Waals surface area contributed by atoms with Gasteiger partial charge in [0.15, 0.2) is 6.10 Å². The largest absolute Gasteiger partial charge is 0.479 e. The summed E-state index contributed by atoms with van der Waals surface area (Å²) in [5.74, 6) is -1.60. The van der Waals surface area contributed by atoms with Crippen molar-refractivity contribution in [1.82, 2.24) is 0 Å². The van der Waals surface area contributed by atoms with Crippen molar-refractivity contribution in [2.75, 3.05) is 0 Å². The number of carboxylic acid groups (broad SMARTS) is 1. The van der Waals surface area contributed by atoms with E-state index in [4.69, 9.17) is 27.9 Å². The molecule has 8 heteroatoms. The molecular weight excluding hydrogens is 452 g/mol. The zero-order valence-corrected chi connectivity index (χ0v) is 17.5. The van der Waals surface area contributed by atoms with E-state index in [-0.39, 0.29) is 12.2 Å². The van der Waals surface area contributed by atoms with E-state index < -0.39 is 28.8 Å². The van der Waals surface area contributed by atoms with Crippen molar-refractivity contribution < 1.29 is 27.8 Å². The highest BCUT2D eigenvalue weighted by atomic mass is 35.5. The fourth-order valence-electron chi connectivity index (χ4n) is 3.01. The van der Waals surface area contributed by atoms with Gasteiger partial charge in [0, 0.05) is 5.02 Å². The van der Waals surface area contributed by atoms with E-state index >= 15 is 0 Å². The number of halogens is 5. The topological polar surface area (TPSA) is 46.5 Å². The van der Waals surface area contributed by atoms with Crippen LogP contribution in [0.2, 0.25) is 10.0 Å². The number of aryl methyl sites for hydroxylation is 1. The first-order chi connectivity index (χ1) is 14.6. The third-order valence-corrected chi connectivity index (χ3v) is 5.28. The second kappa shape index (κ2) is 9.62. The van der Waals surface area contributed by atoms with E-state index in [9.17, 15) is 23.1 Å². The number of ether oxygens (including phenoxy) is 1. The number of alkyl halides is 3. The first kappa shape index (κ1) is 23.0. The molecule has 0 heterocycles. The number of carbonyl (C=O) groups is 1. The van der Waals surface area contributed by atoms with Crippen LogP contribution in [0.5, 0.6) is 5.75 Å². The molecule has 0 aliphatic carbocycles. The molecule has 162 valence electrons. The van der Waals surface area contributed by atoms with Crippen LogP contribution in [0.25, 0.3) is 11.1 Å². The van der Waals surface area contributed by atoms with Crippen LogP contribution < -0.4 is 4.74 Å². The van der Waals surface area contributed by atoms with Gasteiger partial charge in [0.1, 0.15) is 5.75 Å². The predicted molar refractivity (Wildman–Crippen MR) is 114 cm³/mol. The highest BCUT2D eigenvalue weighted by Gasteiger charge is 2.35. The van der Waals surface area contributed by atoms with Crippen LogP contribution in [0.3, 0.4) is 0 Å². The molecule has 0 spiro atoms. The number of hydrogen-bond donors (Lipinski definition) is 1. The maximum Gasteiger partial charge on any atom is 0.417 e. The zero-order valence-electron chi connectivity index (χ0n) is 16.0. The Morgan fingerprint density at radius 1 is 0.935 bits per heavy atom. The second-order valence-electron chi connectivity index (χ2n) is 6.80. The number of rotatable bonds is 7. The summed E-state index contributed by atoms with van der Waals surface area (Å²) < 4.78 is 44.3. The van der Waals surface area contributed by atoms with Gasteiger partial charge in [-0.25, -0.2) is 4.79 Å². The van der Waals surface area contributed by atoms with Gasteiger partial charge in [-0.2, -0.15) is 13.2 Å². The second-order valence-corrected chi connectivity index (χ2v) is 7.62. The summed E-state index contributed by atoms with van der Waals surface area (Å²) in [5.41, 5.74) is 1.75. The average Bonchev–Trinajstić information content (AvgIpc) is 2.72. The van der Waals surface area contributed by atoms with Crippen LogP contribution in [0.15, 0.2) is 66.7 Å². The van der Waals surface area contributed by atoms with E-state index in [2.05, 4.69) is 0 Å². The molecule has 0 fully saturated rings. The minimum Gasteiger partial charge on any atom is -0.479 e. The molecule has 1 N–H and O–H groups in total. The van der Waals surface area contributed by atoms with E-state index in [0.717, 1.165) is 28.8 Å². The Bertz CT molecular complexity index is 1050. The summed E-state index contributed by atoms with van der Waals surface area (Å²) in [6.07, 6.45) is -5.60. The molecule has 0 aliphatic rings. The fourth-order valence-corrected chi connectivity index (χ4v) is 3.41. The first-order valence-corrected chi connectivity index (χ1v) is 10.0. The Morgan fingerprint density at radius 2 is 1.52 bits per heavy atom. The lowest BCUT2D eigenvalue weighted by Gasteiger charge is -2.18. The lowest BCUT2D eigenvalue weighted by Crippen LogP contribution is -2.28. The summed E-state index contributed by atoms with van der Waals surface area (Å²) >= 11 is 11.7. The Hall–Kier alpha value is -2.70. The third kappa shape index (κ3) is 5.93. The van der Waals surface area contributed by atoms with Gasteiger partial charge in [-0.15, -0.1) is 0 Å². The van der Waals surface area contributed by atoms with Crippen LogP contribution in [-0.4, -0.2) is 17.2 Å². The lowest BCUT2D eigenvalue weighted by molar-refractivity contribution is -0.145. The summed E-state index contributed by atoms with van der Waals surface area (Å²) in [4.78, 5) is 11.6. The Labute approximate surface area is 187 Å². The Morgan fingerprint density at radius 3 is 2.06 bits per heavy atom. The Kier molecular flexibility index (Phi) is 7.13. The van der Waals surface area contributed by atoms with Crippen molar-refractivity contribution in [3.63, 3.8) is 0 Å². The molecule has 0 aromatic heterocycles. The van der Waals surface area contributed by atoms with E-state index in [1.807, 2.05) is 36.4 Å². The van der Waals surface area contributed by atoms with Gasteiger partial charge in [-0.1, -0.05) is 65.7 Å². The molecule has 1 atom stereocenters. The van der Waals surface area contributed by atoms with Crippen molar-refractivity contribution in [3.05, 3.63) is 87.9 Å². The summed E-state index contributed by atoms with van der Waals surface area (Å²) in [6, 6.07) is 18.0. The van der Waals surface area contributed by atoms with Crippen LogP contribution in [0.4, 0.5) is 13.2 Å². The summed E-state index contributed by atoms with van der Waals surface area (Å²) in [7, 11) is 0. The standard InChI is InChI=1S/C23H17Cl2F3O3/c24-17-11-9-16(10-12-17)15-7-4-14(5-8-15)6-13-20(22(29)30)31-19-3-1-2-18(21(19)25)23(26,27)28/h1-5,7-12,20H,6,13H2,(H,29,30). The van der Waals surface area contributed by atoms with Gasteiger partial charge in [-0.3, -0.25) is 0 Å². The number of aliphatic carboxylic acids is 1. The number of benzene rings is 3. The monoisotopic (exact) mass is 468 g/mol. The van der Waals surface area contributed by atoms with Crippen molar-refractivity contribution in [2.45, 2.75) is 25.1 Å². The smallest absolute Gasteiger partial charge is 0.417 e. The van der Waals surface area contributed by atoms with Crippen molar-refractivity contribution in [3.8, 4) is 16.9 Å². The minimum absolute atomic E-state index is 0.0577. The normalized spacial score (nSPS) is 12.4. The van der Waals surface area contributed by atoms with Gasteiger partial charge in [-0.05, 0) is 53.8 Å². The molecule has 3 aromatic carbocycles. The lowest BCUT2D eigenvalue weighted by atomic mass is 10.0. The first-order valence-electron chi connectivity index (χ1n) is 9.25. The number of hydrogen-bond acceptors (Lipinski definition) is 2. The van der Waals surface area contributed by atoms with E-state index in [1.165, 1.54) is 6.07 Å². The molecular formula is C23H17Cl2F3O3. The quantitative estimate of drug-likeness (QED) is 0.400. The summed E-state index contributed by atoms with van der Waals surface area (Å²) in [5, 5.41) is 9.43. The van der Waals surface area contributed by atoms with Crippen LogP contribution >= 0.6 is 23.2 Å². The maximum absolute atomic E-state index is 13.0. The molecule has 3 aromatic rings. The maximum atomic E-state index is 13.0. The highest BCUT2D eigenvalue weighted by Crippen LogP contribution is 2.39. The van der Waals surface area contributed by atoms with E-state index in [1.54, 1.807) is 12.1 Å². The van der Waals surface area contributed by atoms with E-state index in [0.29, 0.717) is 11.4 Å². The Balaban J connectivity index is 1.69. The SMILES string of the molecule is O=C(O)C(CCc1ccc(-c2ccc(Cl)cc2)cc1)Oc1cccc(C(F)(F)F)c1Cl. The molecule has 31 heavy (non-hydrogen) atoms. The molecule has 3 rings (SSSR count). The molecule has 1 unspecified atom stereocenters. The molecule has 0 aliphatic heterocycles. The predicted octanol–water partition coefficient (Wildman–Crippen LogP) is 7.14. The zero-order chi connectivity index (χ0) is 22.6. The fraction of sp³-hybridized carbons (Fsp3) is 0.174. The van der Waals surface area contributed by atoms with Crippen molar-refractivity contribution >= 4 is 29.2 Å². The number of carboxylic acids is 1. The molecule has 0 saturated heterocycles. The van der Waals surface area contributed by atoms with Crippen molar-refractivity contribution in [2.24, 2.45) is 0 Å². The minimum atomic E-state index is -4.67. The molecule has 0 amide bonds. The highest BCUT2D eigenvalue weighted by molar-refractivity contribution is 6.33.